The molecule has 4 rings (SSSR count). The summed E-state index contributed by atoms with van der Waals surface area (Å²) in [5.41, 5.74) is -1.25. The quantitative estimate of drug-likeness (QED) is 0.263. The Morgan fingerprint density at radius 3 is 2.45 bits per heavy atom. The standard InChI is InChI=1S/C22H15ClF4N4O5S2/c1-28-16-8-11-6-7-31(20(32)13(11)10-14(16)24)12-2-3-15(17(9-12)36-22(25,26)27)29-21(33)30-38(34,35)19-5-4-18(23)37-19/h2-10,28H,1H3,(H2,29,30,33). The highest BCUT2D eigenvalue weighted by molar-refractivity contribution is 7.92. The van der Waals surface area contributed by atoms with Gasteiger partial charge in [-0.25, -0.2) is 22.3 Å². The topological polar surface area (TPSA) is 119 Å². The van der Waals surface area contributed by atoms with E-state index in [1.54, 1.807) is 4.72 Å². The Bertz CT molecular complexity index is 1720. The highest BCUT2D eigenvalue weighted by atomic mass is 35.5. The molecule has 2 aromatic heterocycles. The highest BCUT2D eigenvalue weighted by Crippen LogP contribution is 2.33. The summed E-state index contributed by atoms with van der Waals surface area (Å²) in [5, 5.41) is 4.96. The summed E-state index contributed by atoms with van der Waals surface area (Å²) in [6.45, 7) is 0. The van der Waals surface area contributed by atoms with Gasteiger partial charge in [-0.15, -0.1) is 24.5 Å². The molecule has 3 N–H and O–H groups in total. The summed E-state index contributed by atoms with van der Waals surface area (Å²) in [5.74, 6) is -1.65. The number of halogens is 5. The van der Waals surface area contributed by atoms with Crippen LogP contribution in [0.3, 0.4) is 0 Å². The maximum absolute atomic E-state index is 14.2. The molecule has 0 aliphatic heterocycles. The molecule has 0 unspecified atom stereocenters. The number of carbonyl (C=O) groups excluding carboxylic acids is 1. The van der Waals surface area contributed by atoms with Crippen molar-refractivity contribution in [1.29, 1.82) is 0 Å². The number of amides is 2. The SMILES string of the molecule is CNc1cc2ccn(-c3ccc(NC(=O)NS(=O)(=O)c4ccc(Cl)s4)c(OC(F)(F)F)c3)c(=O)c2cc1F. The van der Waals surface area contributed by atoms with E-state index in [4.69, 9.17) is 11.6 Å². The third-order valence-electron chi connectivity index (χ3n) is 5.02. The Morgan fingerprint density at radius 1 is 1.08 bits per heavy atom. The van der Waals surface area contributed by atoms with Gasteiger partial charge in [-0.05, 0) is 47.9 Å². The molecule has 2 amide bonds. The van der Waals surface area contributed by atoms with Gasteiger partial charge in [-0.2, -0.15) is 0 Å². The lowest BCUT2D eigenvalue weighted by atomic mass is 10.1. The number of hydrogen-bond donors (Lipinski definition) is 3. The lowest BCUT2D eigenvalue weighted by Gasteiger charge is -2.16. The molecule has 38 heavy (non-hydrogen) atoms. The number of ether oxygens (including phenoxy) is 1. The maximum atomic E-state index is 14.2. The summed E-state index contributed by atoms with van der Waals surface area (Å²) < 4.78 is 84.7. The monoisotopic (exact) mass is 590 g/mol. The van der Waals surface area contributed by atoms with Gasteiger partial charge in [0.2, 0.25) is 0 Å². The number of rotatable bonds is 6. The second-order valence-corrected chi connectivity index (χ2v) is 11.1. The molecule has 0 saturated carbocycles. The highest BCUT2D eigenvalue weighted by Gasteiger charge is 2.33. The average Bonchev–Trinajstić information content (AvgIpc) is 3.27. The second kappa shape index (κ2) is 10.2. The fraction of sp³-hybridized carbons (Fsp3) is 0.0909. The first-order valence-electron chi connectivity index (χ1n) is 10.3. The van der Waals surface area contributed by atoms with Crippen molar-refractivity contribution in [1.82, 2.24) is 9.29 Å². The minimum absolute atomic E-state index is 0.0391. The predicted octanol–water partition coefficient (Wildman–Crippen LogP) is 5.30. The Labute approximate surface area is 220 Å². The summed E-state index contributed by atoms with van der Waals surface area (Å²) in [6, 6.07) is 7.87. The van der Waals surface area contributed by atoms with Crippen molar-refractivity contribution in [3.63, 3.8) is 0 Å². The number of fused-ring (bicyclic) bond motifs is 1. The minimum Gasteiger partial charge on any atom is -0.403 e. The van der Waals surface area contributed by atoms with Crippen LogP contribution >= 0.6 is 22.9 Å². The van der Waals surface area contributed by atoms with E-state index >= 15 is 0 Å². The molecule has 0 spiro atoms. The number of thiophene rings is 1. The van der Waals surface area contributed by atoms with Crippen LogP contribution in [0, 0.1) is 5.82 Å². The Morgan fingerprint density at radius 2 is 1.82 bits per heavy atom. The first kappa shape index (κ1) is 27.2. The zero-order valence-corrected chi connectivity index (χ0v) is 21.3. The van der Waals surface area contributed by atoms with Crippen LogP contribution in [-0.2, 0) is 10.0 Å². The minimum atomic E-state index is -5.20. The number of hydrogen-bond acceptors (Lipinski definition) is 7. The fourth-order valence-corrected chi connectivity index (χ4v) is 5.79. The van der Waals surface area contributed by atoms with E-state index < -0.39 is 45.2 Å². The van der Waals surface area contributed by atoms with Crippen molar-refractivity contribution in [3.05, 3.63) is 75.2 Å². The van der Waals surface area contributed by atoms with Gasteiger partial charge in [0.15, 0.2) is 5.75 Å². The Balaban J connectivity index is 1.70. The van der Waals surface area contributed by atoms with Gasteiger partial charge in [0.05, 0.1) is 26.8 Å². The number of aromatic nitrogens is 1. The molecule has 0 fully saturated rings. The smallest absolute Gasteiger partial charge is 0.403 e. The molecular weight excluding hydrogens is 576 g/mol. The molecule has 16 heteroatoms. The molecular formula is C22H15ClF4N4O5S2. The molecule has 0 aliphatic rings. The number of anilines is 2. The molecule has 0 aliphatic carbocycles. The molecule has 0 radical (unpaired) electrons. The van der Waals surface area contributed by atoms with Gasteiger partial charge >= 0.3 is 12.4 Å². The van der Waals surface area contributed by atoms with E-state index in [0.29, 0.717) is 16.7 Å². The molecule has 0 atom stereocenters. The Hall–Kier alpha value is -3.82. The van der Waals surface area contributed by atoms with Crippen LogP contribution in [0.15, 0.2) is 63.7 Å². The van der Waals surface area contributed by atoms with Crippen LogP contribution in [0.5, 0.6) is 5.75 Å². The van der Waals surface area contributed by atoms with Crippen LogP contribution < -0.4 is 25.7 Å². The number of nitrogens with zero attached hydrogens (tertiary/aromatic N) is 1. The molecule has 0 bridgehead atoms. The third kappa shape index (κ3) is 5.84. The van der Waals surface area contributed by atoms with Gasteiger partial charge in [0.25, 0.3) is 15.6 Å². The fourth-order valence-electron chi connectivity index (χ4n) is 3.40. The van der Waals surface area contributed by atoms with Crippen molar-refractivity contribution < 1.29 is 35.5 Å². The number of alkyl halides is 3. The van der Waals surface area contributed by atoms with Crippen molar-refractivity contribution >= 4 is 61.1 Å². The van der Waals surface area contributed by atoms with E-state index in [9.17, 15) is 35.6 Å². The molecule has 9 nitrogen and oxygen atoms in total. The summed E-state index contributed by atoms with van der Waals surface area (Å²) in [6.07, 6.45) is -3.93. The zero-order valence-electron chi connectivity index (χ0n) is 18.9. The molecule has 2 aromatic carbocycles. The van der Waals surface area contributed by atoms with Crippen LogP contribution in [0.4, 0.5) is 33.7 Å². The van der Waals surface area contributed by atoms with E-state index in [-0.39, 0.29) is 25.3 Å². The third-order valence-corrected chi connectivity index (χ3v) is 8.07. The summed E-state index contributed by atoms with van der Waals surface area (Å²) >= 11 is 6.36. The number of carbonyl (C=O) groups is 1. The van der Waals surface area contributed by atoms with Gasteiger partial charge in [-0.1, -0.05) is 11.6 Å². The van der Waals surface area contributed by atoms with Gasteiger partial charge in [-0.3, -0.25) is 9.36 Å². The van der Waals surface area contributed by atoms with Crippen LogP contribution in [0.2, 0.25) is 4.34 Å². The molecule has 200 valence electrons. The number of sulfonamides is 1. The molecule has 2 heterocycles. The first-order valence-corrected chi connectivity index (χ1v) is 13.0. The average molecular weight is 591 g/mol. The largest absolute Gasteiger partial charge is 0.573 e. The van der Waals surface area contributed by atoms with Crippen molar-refractivity contribution in [2.45, 2.75) is 10.6 Å². The summed E-state index contributed by atoms with van der Waals surface area (Å²) in [4.78, 5) is 25.3. The van der Waals surface area contributed by atoms with Crippen molar-refractivity contribution in [3.8, 4) is 11.4 Å². The predicted molar refractivity (Wildman–Crippen MR) is 134 cm³/mol. The van der Waals surface area contributed by atoms with E-state index in [1.165, 1.54) is 37.5 Å². The lowest BCUT2D eigenvalue weighted by Crippen LogP contribution is -2.34. The number of urea groups is 1. The van der Waals surface area contributed by atoms with E-state index in [0.717, 1.165) is 28.8 Å². The van der Waals surface area contributed by atoms with Crippen molar-refractivity contribution in [2.24, 2.45) is 0 Å². The van der Waals surface area contributed by atoms with Crippen LogP contribution in [0.1, 0.15) is 0 Å². The molecule has 0 saturated heterocycles. The number of pyridine rings is 1. The zero-order chi connectivity index (χ0) is 27.8. The molecule has 4 aromatic rings. The first-order chi connectivity index (χ1) is 17.8. The van der Waals surface area contributed by atoms with Crippen LogP contribution in [0.25, 0.3) is 16.5 Å². The lowest BCUT2D eigenvalue weighted by molar-refractivity contribution is -0.274. The van der Waals surface area contributed by atoms with E-state index in [1.807, 2.05) is 5.32 Å². The van der Waals surface area contributed by atoms with Gasteiger partial charge in [0.1, 0.15) is 10.0 Å². The van der Waals surface area contributed by atoms with E-state index in [2.05, 4.69) is 10.1 Å². The van der Waals surface area contributed by atoms with Crippen LogP contribution in [-0.4, -0.2) is 32.4 Å². The van der Waals surface area contributed by atoms with Gasteiger partial charge in [0, 0.05) is 19.3 Å². The maximum Gasteiger partial charge on any atom is 0.573 e. The normalized spacial score (nSPS) is 11.8. The van der Waals surface area contributed by atoms with Crippen molar-refractivity contribution in [2.75, 3.05) is 17.7 Å². The summed E-state index contributed by atoms with van der Waals surface area (Å²) in [7, 11) is -2.87. The second-order valence-electron chi connectivity index (χ2n) is 7.51. The number of benzene rings is 2. The van der Waals surface area contributed by atoms with Gasteiger partial charge < -0.3 is 15.4 Å². The Kier molecular flexibility index (Phi) is 7.27. The number of nitrogens with one attached hydrogen (secondary N) is 3.